The molecule has 1 aromatic heterocycles. The van der Waals surface area contributed by atoms with Crippen LogP contribution in [0.3, 0.4) is 0 Å². The minimum atomic E-state index is -0.560. The van der Waals surface area contributed by atoms with Crippen LogP contribution in [0.5, 0.6) is 11.6 Å². The molecule has 0 saturated heterocycles. The second-order valence-corrected chi connectivity index (χ2v) is 8.45. The first-order valence-electron chi connectivity index (χ1n) is 10.8. The van der Waals surface area contributed by atoms with Gasteiger partial charge in [0.25, 0.3) is 0 Å². The van der Waals surface area contributed by atoms with Crippen molar-refractivity contribution in [2.45, 2.75) is 12.8 Å². The van der Waals surface area contributed by atoms with E-state index in [0.717, 1.165) is 22.4 Å². The Morgan fingerprint density at radius 3 is 2.51 bits per heavy atom. The number of aryl methyl sites for hydroxylation is 1. The maximum Gasteiger partial charge on any atom is 0.345 e. The molecule has 0 radical (unpaired) electrons. The van der Waals surface area contributed by atoms with Crippen molar-refractivity contribution < 1.29 is 14.3 Å². The number of esters is 1. The molecule has 35 heavy (non-hydrogen) atoms. The molecule has 8 heteroatoms. The van der Waals surface area contributed by atoms with E-state index in [1.165, 1.54) is 0 Å². The van der Waals surface area contributed by atoms with Gasteiger partial charge < -0.3 is 15.2 Å². The van der Waals surface area contributed by atoms with Crippen LogP contribution >= 0.6 is 11.6 Å². The quantitative estimate of drug-likeness (QED) is 0.294. The normalized spacial score (nSPS) is 14.6. The molecular weight excluding hydrogens is 464 g/mol. The maximum atomic E-state index is 12.5. The van der Waals surface area contributed by atoms with Crippen LogP contribution in [0.2, 0.25) is 5.02 Å². The summed E-state index contributed by atoms with van der Waals surface area (Å²) >= 11 is 6.10. The molecule has 2 heterocycles. The molecule has 5 rings (SSSR count). The number of carbonyl (C=O) groups excluding carboxylic acids is 1. The number of H-pyrrole nitrogens is 1. The monoisotopic (exact) mass is 482 g/mol. The van der Waals surface area contributed by atoms with Gasteiger partial charge in [0.2, 0.25) is 11.8 Å². The Hall–Kier alpha value is -4.54. The lowest BCUT2D eigenvalue weighted by Gasteiger charge is -2.24. The predicted molar refractivity (Wildman–Crippen MR) is 131 cm³/mol. The molecule has 4 aromatic rings. The van der Waals surface area contributed by atoms with Crippen LogP contribution in [-0.4, -0.2) is 16.2 Å². The molecule has 0 bridgehead atoms. The van der Waals surface area contributed by atoms with E-state index in [4.69, 9.17) is 26.8 Å². The van der Waals surface area contributed by atoms with Crippen molar-refractivity contribution in [3.63, 3.8) is 0 Å². The van der Waals surface area contributed by atoms with Crippen molar-refractivity contribution in [3.8, 4) is 29.0 Å². The van der Waals surface area contributed by atoms with Crippen LogP contribution in [0.15, 0.2) is 84.3 Å². The number of halogens is 1. The molecule has 0 spiro atoms. The number of rotatable bonds is 4. The average molecular weight is 483 g/mol. The molecule has 3 aromatic carbocycles. The van der Waals surface area contributed by atoms with Gasteiger partial charge in [0.15, 0.2) is 0 Å². The molecule has 172 valence electrons. The van der Waals surface area contributed by atoms with Gasteiger partial charge in [0, 0.05) is 5.56 Å². The first-order valence-corrected chi connectivity index (χ1v) is 11.1. The van der Waals surface area contributed by atoms with Crippen molar-refractivity contribution in [2.24, 2.45) is 5.73 Å². The summed E-state index contributed by atoms with van der Waals surface area (Å²) in [6.07, 6.45) is 0. The number of benzene rings is 3. The summed E-state index contributed by atoms with van der Waals surface area (Å²) in [5.74, 6) is -0.424. The second kappa shape index (κ2) is 9.01. The van der Waals surface area contributed by atoms with Crippen molar-refractivity contribution in [1.29, 1.82) is 5.26 Å². The first-order chi connectivity index (χ1) is 17.0. The van der Waals surface area contributed by atoms with Crippen molar-refractivity contribution in [2.75, 3.05) is 0 Å². The summed E-state index contributed by atoms with van der Waals surface area (Å²) in [6, 6.07) is 23.7. The van der Waals surface area contributed by atoms with Crippen LogP contribution in [0, 0.1) is 18.3 Å². The number of nitriles is 1. The third kappa shape index (κ3) is 4.12. The minimum absolute atomic E-state index is 0.00109. The molecule has 1 atom stereocenters. The summed E-state index contributed by atoms with van der Waals surface area (Å²) in [6.45, 7) is 2.01. The number of nitrogens with two attached hydrogens (primary N) is 1. The van der Waals surface area contributed by atoms with Crippen LogP contribution in [0.25, 0.3) is 11.3 Å². The van der Waals surface area contributed by atoms with E-state index in [1.807, 2.05) is 31.2 Å². The lowest BCUT2D eigenvalue weighted by atomic mass is 9.83. The average Bonchev–Trinajstić information content (AvgIpc) is 3.27. The zero-order chi connectivity index (χ0) is 24.5. The highest BCUT2D eigenvalue weighted by atomic mass is 35.5. The highest BCUT2D eigenvalue weighted by Crippen LogP contribution is 2.45. The van der Waals surface area contributed by atoms with E-state index in [1.54, 1.807) is 48.5 Å². The molecule has 3 N–H and O–H groups in total. The summed E-state index contributed by atoms with van der Waals surface area (Å²) in [7, 11) is 0. The molecule has 0 amide bonds. The van der Waals surface area contributed by atoms with Gasteiger partial charge in [-0.1, -0.05) is 65.7 Å². The van der Waals surface area contributed by atoms with Crippen LogP contribution in [0.1, 0.15) is 33.0 Å². The van der Waals surface area contributed by atoms with Gasteiger partial charge in [-0.25, -0.2) is 4.79 Å². The zero-order valence-electron chi connectivity index (χ0n) is 18.6. The lowest BCUT2D eigenvalue weighted by Crippen LogP contribution is -2.21. The Balaban J connectivity index is 1.51. The van der Waals surface area contributed by atoms with Crippen molar-refractivity contribution in [3.05, 3.63) is 112 Å². The Morgan fingerprint density at radius 1 is 1.11 bits per heavy atom. The van der Waals surface area contributed by atoms with Gasteiger partial charge in [-0.05, 0) is 36.8 Å². The highest BCUT2D eigenvalue weighted by Gasteiger charge is 2.35. The number of fused-ring (bicyclic) bond motifs is 1. The van der Waals surface area contributed by atoms with Crippen molar-refractivity contribution >= 4 is 17.6 Å². The summed E-state index contributed by atoms with van der Waals surface area (Å²) in [5, 5.41) is 17.5. The van der Waals surface area contributed by atoms with E-state index in [9.17, 15) is 10.1 Å². The summed E-state index contributed by atoms with van der Waals surface area (Å²) in [4.78, 5) is 12.5. The van der Waals surface area contributed by atoms with Crippen LogP contribution < -0.4 is 15.2 Å². The SMILES string of the molecule is Cc1ccc(-c2[nH]nc3c2C(c2ccc(OC(=O)c4ccccc4Cl)cc2)C(C#N)=C(N)O3)cc1. The Bertz CT molecular complexity index is 1500. The number of ether oxygens (including phenoxy) is 2. The number of nitrogens with one attached hydrogen (secondary N) is 1. The smallest absolute Gasteiger partial charge is 0.345 e. The third-order valence-electron chi connectivity index (χ3n) is 5.80. The fourth-order valence-electron chi connectivity index (χ4n) is 4.04. The fourth-order valence-corrected chi connectivity index (χ4v) is 4.25. The number of nitrogens with zero attached hydrogens (tertiary/aromatic N) is 2. The molecule has 0 saturated carbocycles. The van der Waals surface area contributed by atoms with E-state index < -0.39 is 11.9 Å². The van der Waals surface area contributed by atoms with Gasteiger partial charge in [-0.15, -0.1) is 5.10 Å². The number of aromatic amines is 1. The highest BCUT2D eigenvalue weighted by molar-refractivity contribution is 6.33. The largest absolute Gasteiger partial charge is 0.423 e. The Labute approximate surface area is 206 Å². The minimum Gasteiger partial charge on any atom is -0.423 e. The molecule has 0 aliphatic carbocycles. The topological polar surface area (TPSA) is 114 Å². The summed E-state index contributed by atoms with van der Waals surface area (Å²) < 4.78 is 11.1. The third-order valence-corrected chi connectivity index (χ3v) is 6.13. The Morgan fingerprint density at radius 2 is 1.83 bits per heavy atom. The lowest BCUT2D eigenvalue weighted by molar-refractivity contribution is 0.0735. The standard InChI is InChI=1S/C27H19ClN4O3/c1-15-6-8-17(9-7-15)24-23-22(20(14-29)25(30)35-26(23)32-31-24)16-10-12-18(13-11-16)34-27(33)19-4-2-3-5-21(19)28/h2-13,22H,30H2,1H3,(H,31,32). The number of carbonyl (C=O) groups is 1. The van der Waals surface area contributed by atoms with Gasteiger partial charge in [-0.2, -0.15) is 5.26 Å². The Kier molecular flexibility index (Phi) is 5.73. The van der Waals surface area contributed by atoms with Gasteiger partial charge >= 0.3 is 5.97 Å². The number of hydrogen-bond donors (Lipinski definition) is 2. The van der Waals surface area contributed by atoms with Gasteiger partial charge in [0.1, 0.15) is 17.4 Å². The summed E-state index contributed by atoms with van der Waals surface area (Å²) in [5.41, 5.74) is 10.9. The molecule has 1 aliphatic rings. The number of allylic oxidation sites excluding steroid dienone is 1. The fraction of sp³-hybridized carbons (Fsp3) is 0.0741. The van der Waals surface area contributed by atoms with Crippen LogP contribution in [0.4, 0.5) is 0 Å². The maximum absolute atomic E-state index is 12.5. The van der Waals surface area contributed by atoms with Gasteiger partial charge in [0.05, 0.1) is 27.8 Å². The predicted octanol–water partition coefficient (Wildman–Crippen LogP) is 5.48. The first kappa shape index (κ1) is 22.3. The van der Waals surface area contributed by atoms with E-state index in [0.29, 0.717) is 22.2 Å². The molecule has 0 fully saturated rings. The van der Waals surface area contributed by atoms with Crippen molar-refractivity contribution in [1.82, 2.24) is 10.2 Å². The molecule has 1 unspecified atom stereocenters. The van der Waals surface area contributed by atoms with E-state index >= 15 is 0 Å². The van der Waals surface area contributed by atoms with Gasteiger partial charge in [-0.3, -0.25) is 5.10 Å². The second-order valence-electron chi connectivity index (χ2n) is 8.05. The van der Waals surface area contributed by atoms with Crippen LogP contribution in [-0.2, 0) is 0 Å². The van der Waals surface area contributed by atoms with E-state index in [-0.39, 0.29) is 17.0 Å². The molecule has 1 aliphatic heterocycles. The molecule has 7 nitrogen and oxygen atoms in total. The van der Waals surface area contributed by atoms with E-state index in [2.05, 4.69) is 16.3 Å². The number of hydrogen-bond acceptors (Lipinski definition) is 6. The number of aromatic nitrogens is 2. The molecular formula is C27H19ClN4O3. The zero-order valence-corrected chi connectivity index (χ0v) is 19.3.